The predicted molar refractivity (Wildman–Crippen MR) is 115 cm³/mol. The van der Waals surface area contributed by atoms with Crippen molar-refractivity contribution < 1.29 is 14.7 Å². The van der Waals surface area contributed by atoms with Crippen LogP contribution in [0.5, 0.6) is 0 Å². The molecule has 150 valence electrons. The van der Waals surface area contributed by atoms with Gasteiger partial charge in [0.25, 0.3) is 0 Å². The Hall–Kier alpha value is -3.21. The standard InChI is InChI=1S/C24H26N2O3/c1-14(2)11-22-20(13-25-24(28)29)23(17-7-5-15(3)6-8-17)19-12-18(16(4)27)9-10-21(19)26-22/h5-10,12,14,25H,11,13H2,1-4H3,(H,28,29). The van der Waals surface area contributed by atoms with Crippen molar-refractivity contribution in [2.24, 2.45) is 5.92 Å². The molecule has 0 saturated carbocycles. The first kappa shape index (κ1) is 20.5. The summed E-state index contributed by atoms with van der Waals surface area (Å²) in [5.74, 6) is 0.351. The number of benzene rings is 2. The SMILES string of the molecule is CC(=O)c1ccc2nc(CC(C)C)c(CNC(=O)O)c(-c3ccc(C)cc3)c2c1. The summed E-state index contributed by atoms with van der Waals surface area (Å²) < 4.78 is 0. The van der Waals surface area contributed by atoms with Crippen molar-refractivity contribution in [2.75, 3.05) is 0 Å². The zero-order valence-corrected chi connectivity index (χ0v) is 17.2. The maximum Gasteiger partial charge on any atom is 0.404 e. The molecule has 0 spiro atoms. The number of aromatic nitrogens is 1. The number of nitrogens with zero attached hydrogens (tertiary/aromatic N) is 1. The summed E-state index contributed by atoms with van der Waals surface area (Å²) in [6.07, 6.45) is -0.340. The van der Waals surface area contributed by atoms with Gasteiger partial charge in [0.15, 0.2) is 5.78 Å². The van der Waals surface area contributed by atoms with E-state index in [-0.39, 0.29) is 12.3 Å². The molecule has 0 bridgehead atoms. The minimum Gasteiger partial charge on any atom is -0.465 e. The van der Waals surface area contributed by atoms with Crippen molar-refractivity contribution in [3.05, 3.63) is 64.8 Å². The van der Waals surface area contributed by atoms with Crippen molar-refractivity contribution in [1.82, 2.24) is 10.3 Å². The minimum absolute atomic E-state index is 0.0155. The Morgan fingerprint density at radius 2 is 1.79 bits per heavy atom. The molecule has 3 aromatic rings. The second kappa shape index (κ2) is 8.43. The molecule has 0 unspecified atom stereocenters. The van der Waals surface area contributed by atoms with Crippen molar-refractivity contribution >= 4 is 22.8 Å². The molecule has 2 aromatic carbocycles. The fourth-order valence-corrected chi connectivity index (χ4v) is 3.53. The number of fused-ring (bicyclic) bond motifs is 1. The van der Waals surface area contributed by atoms with Gasteiger partial charge in [0.1, 0.15) is 0 Å². The average Bonchev–Trinajstić information content (AvgIpc) is 2.65. The molecular formula is C24H26N2O3. The fraction of sp³-hybridized carbons (Fsp3) is 0.292. The zero-order chi connectivity index (χ0) is 21.1. The molecule has 1 amide bonds. The van der Waals surface area contributed by atoms with Gasteiger partial charge in [-0.1, -0.05) is 43.7 Å². The third-order valence-electron chi connectivity index (χ3n) is 4.94. The maximum absolute atomic E-state index is 12.0. The van der Waals surface area contributed by atoms with Crippen molar-refractivity contribution in [2.45, 2.75) is 40.7 Å². The normalized spacial score (nSPS) is 11.1. The van der Waals surface area contributed by atoms with Crippen LogP contribution in [0.2, 0.25) is 0 Å². The van der Waals surface area contributed by atoms with Gasteiger partial charge in [-0.05, 0) is 55.5 Å². The lowest BCUT2D eigenvalue weighted by Gasteiger charge is -2.19. The Morgan fingerprint density at radius 1 is 1.10 bits per heavy atom. The number of carboxylic acid groups (broad SMARTS) is 1. The van der Waals surface area contributed by atoms with Crippen LogP contribution in [0.25, 0.3) is 22.0 Å². The third-order valence-corrected chi connectivity index (χ3v) is 4.94. The molecule has 0 aliphatic heterocycles. The maximum atomic E-state index is 12.0. The summed E-state index contributed by atoms with van der Waals surface area (Å²) in [4.78, 5) is 28.1. The van der Waals surface area contributed by atoms with E-state index in [4.69, 9.17) is 4.98 Å². The number of hydrogen-bond acceptors (Lipinski definition) is 3. The summed E-state index contributed by atoms with van der Waals surface area (Å²) >= 11 is 0. The highest BCUT2D eigenvalue weighted by Crippen LogP contribution is 2.35. The predicted octanol–water partition coefficient (Wildman–Crippen LogP) is 5.38. The van der Waals surface area contributed by atoms with E-state index >= 15 is 0 Å². The lowest BCUT2D eigenvalue weighted by Crippen LogP contribution is -2.22. The Labute approximate surface area is 170 Å². The first-order chi connectivity index (χ1) is 13.8. The molecule has 29 heavy (non-hydrogen) atoms. The molecule has 0 aliphatic rings. The number of carbonyl (C=O) groups is 2. The minimum atomic E-state index is -1.08. The molecule has 1 heterocycles. The number of Topliss-reactive ketones (excluding diaryl/α,β-unsaturated/α-hetero) is 1. The van der Waals surface area contributed by atoms with Crippen LogP contribution in [0.4, 0.5) is 4.79 Å². The van der Waals surface area contributed by atoms with Crippen LogP contribution >= 0.6 is 0 Å². The summed E-state index contributed by atoms with van der Waals surface area (Å²) in [7, 11) is 0. The van der Waals surface area contributed by atoms with E-state index in [1.54, 1.807) is 13.0 Å². The number of pyridine rings is 1. The lowest BCUT2D eigenvalue weighted by molar-refractivity contribution is 0.101. The molecule has 0 saturated heterocycles. The van der Waals surface area contributed by atoms with Crippen LogP contribution in [0.1, 0.15) is 48.0 Å². The van der Waals surface area contributed by atoms with Gasteiger partial charge in [0, 0.05) is 28.8 Å². The van der Waals surface area contributed by atoms with Gasteiger partial charge in [0.2, 0.25) is 0 Å². The average molecular weight is 390 g/mol. The molecule has 3 rings (SSSR count). The number of ketones is 1. The lowest BCUT2D eigenvalue weighted by atomic mass is 9.90. The van der Waals surface area contributed by atoms with E-state index < -0.39 is 6.09 Å². The second-order valence-electron chi connectivity index (χ2n) is 7.82. The van der Waals surface area contributed by atoms with E-state index in [0.29, 0.717) is 11.5 Å². The van der Waals surface area contributed by atoms with Crippen LogP contribution in [0.15, 0.2) is 42.5 Å². The van der Waals surface area contributed by atoms with E-state index in [1.165, 1.54) is 0 Å². The summed E-state index contributed by atoms with van der Waals surface area (Å²) in [5.41, 5.74) is 6.22. The van der Waals surface area contributed by atoms with Crippen LogP contribution in [-0.4, -0.2) is 22.0 Å². The van der Waals surface area contributed by atoms with Gasteiger partial charge in [-0.3, -0.25) is 9.78 Å². The monoisotopic (exact) mass is 390 g/mol. The number of hydrogen-bond donors (Lipinski definition) is 2. The number of aryl methyl sites for hydroxylation is 1. The van der Waals surface area contributed by atoms with Gasteiger partial charge in [0.05, 0.1) is 5.52 Å². The van der Waals surface area contributed by atoms with Gasteiger partial charge < -0.3 is 10.4 Å². The zero-order valence-electron chi connectivity index (χ0n) is 17.2. The summed E-state index contributed by atoms with van der Waals surface area (Å²) in [6.45, 7) is 7.96. The van der Waals surface area contributed by atoms with E-state index in [2.05, 4.69) is 19.2 Å². The molecule has 0 atom stereocenters. The molecular weight excluding hydrogens is 364 g/mol. The molecule has 0 fully saturated rings. The van der Waals surface area contributed by atoms with E-state index in [1.807, 2.05) is 43.3 Å². The second-order valence-corrected chi connectivity index (χ2v) is 7.82. The van der Waals surface area contributed by atoms with Crippen molar-refractivity contribution in [3.63, 3.8) is 0 Å². The van der Waals surface area contributed by atoms with Gasteiger partial charge in [-0.15, -0.1) is 0 Å². The van der Waals surface area contributed by atoms with E-state index in [9.17, 15) is 14.7 Å². The molecule has 5 heteroatoms. The van der Waals surface area contributed by atoms with Crippen LogP contribution < -0.4 is 5.32 Å². The third kappa shape index (κ3) is 4.62. The Bertz CT molecular complexity index is 1070. The number of amides is 1. The van der Waals surface area contributed by atoms with E-state index in [0.717, 1.165) is 45.3 Å². The topological polar surface area (TPSA) is 79.3 Å². The van der Waals surface area contributed by atoms with Crippen LogP contribution in [-0.2, 0) is 13.0 Å². The number of nitrogens with one attached hydrogen (secondary N) is 1. The number of carbonyl (C=O) groups excluding carboxylic acids is 1. The Balaban J connectivity index is 2.37. The highest BCUT2D eigenvalue weighted by molar-refractivity contribution is 6.03. The Morgan fingerprint density at radius 3 is 2.38 bits per heavy atom. The van der Waals surface area contributed by atoms with Crippen LogP contribution in [0.3, 0.4) is 0 Å². The first-order valence-corrected chi connectivity index (χ1v) is 9.76. The van der Waals surface area contributed by atoms with Gasteiger partial charge >= 0.3 is 6.09 Å². The van der Waals surface area contributed by atoms with Gasteiger partial charge in [-0.2, -0.15) is 0 Å². The fourth-order valence-electron chi connectivity index (χ4n) is 3.53. The van der Waals surface area contributed by atoms with Gasteiger partial charge in [-0.25, -0.2) is 4.79 Å². The Kier molecular flexibility index (Phi) is 5.97. The largest absolute Gasteiger partial charge is 0.465 e. The molecule has 0 radical (unpaired) electrons. The first-order valence-electron chi connectivity index (χ1n) is 9.76. The quantitative estimate of drug-likeness (QED) is 0.554. The molecule has 1 aromatic heterocycles. The molecule has 2 N–H and O–H groups in total. The van der Waals surface area contributed by atoms with Crippen LogP contribution in [0, 0.1) is 12.8 Å². The number of rotatable bonds is 6. The van der Waals surface area contributed by atoms with Crippen molar-refractivity contribution in [1.29, 1.82) is 0 Å². The smallest absolute Gasteiger partial charge is 0.404 e. The highest BCUT2D eigenvalue weighted by atomic mass is 16.4. The summed E-state index contributed by atoms with van der Waals surface area (Å²) in [5, 5.41) is 12.6. The highest BCUT2D eigenvalue weighted by Gasteiger charge is 2.19. The molecule has 5 nitrogen and oxygen atoms in total. The molecule has 0 aliphatic carbocycles. The summed E-state index contributed by atoms with van der Waals surface area (Å²) in [6, 6.07) is 13.7. The van der Waals surface area contributed by atoms with Crippen molar-refractivity contribution in [3.8, 4) is 11.1 Å².